The summed E-state index contributed by atoms with van der Waals surface area (Å²) < 4.78 is 11.2. The maximum Gasteiger partial charge on any atom is 0.407 e. The first-order valence-corrected chi connectivity index (χ1v) is 8.64. The van der Waals surface area contributed by atoms with Crippen LogP contribution in [0.25, 0.3) is 0 Å². The lowest BCUT2D eigenvalue weighted by Gasteiger charge is -2.40. The third kappa shape index (κ3) is 6.97. The number of carbonyl (C=O) groups is 1. The molecule has 1 aliphatic heterocycles. The van der Waals surface area contributed by atoms with Crippen LogP contribution in [0.2, 0.25) is 0 Å². The quantitative estimate of drug-likeness (QED) is 0.708. The molecule has 0 aromatic carbocycles. The van der Waals surface area contributed by atoms with E-state index in [4.69, 9.17) is 9.47 Å². The van der Waals surface area contributed by atoms with E-state index in [9.17, 15) is 4.79 Å². The predicted octanol–water partition coefficient (Wildman–Crippen LogP) is 3.23. The smallest absolute Gasteiger partial charge is 0.407 e. The molecule has 1 aliphatic rings. The van der Waals surface area contributed by atoms with Crippen LogP contribution in [0.3, 0.4) is 0 Å². The molecule has 22 heavy (non-hydrogen) atoms. The summed E-state index contributed by atoms with van der Waals surface area (Å²) in [7, 11) is 0. The summed E-state index contributed by atoms with van der Waals surface area (Å²) in [5, 5.41) is 6.38. The minimum atomic E-state index is -0.436. The Hall–Kier alpha value is -0.810. The zero-order chi connectivity index (χ0) is 16.6. The van der Waals surface area contributed by atoms with Crippen molar-refractivity contribution in [1.29, 1.82) is 0 Å². The highest BCUT2D eigenvalue weighted by atomic mass is 16.6. The van der Waals surface area contributed by atoms with Gasteiger partial charge in [-0.05, 0) is 59.4 Å². The fraction of sp³-hybridized carbons (Fsp3) is 0.941. The molecule has 130 valence electrons. The standard InChI is InChI=1S/C17H34N2O3/c1-6-17(7-2)13-14(9-12-21-17)18-10-8-11-19-15(20)22-16(3,4)5/h14,18H,6-13H2,1-5H3,(H,19,20). The number of rotatable bonds is 7. The average molecular weight is 314 g/mol. The Morgan fingerprint density at radius 2 is 1.95 bits per heavy atom. The molecule has 0 radical (unpaired) electrons. The van der Waals surface area contributed by atoms with Gasteiger partial charge in [0.15, 0.2) is 0 Å². The first kappa shape index (κ1) is 19.2. The van der Waals surface area contributed by atoms with Crippen molar-refractivity contribution in [2.75, 3.05) is 19.7 Å². The summed E-state index contributed by atoms with van der Waals surface area (Å²) >= 11 is 0. The van der Waals surface area contributed by atoms with Gasteiger partial charge in [0, 0.05) is 19.2 Å². The van der Waals surface area contributed by atoms with E-state index in [0.717, 1.165) is 45.3 Å². The molecule has 1 saturated heterocycles. The van der Waals surface area contributed by atoms with E-state index in [1.807, 2.05) is 20.8 Å². The lowest BCUT2D eigenvalue weighted by atomic mass is 9.86. The monoisotopic (exact) mass is 314 g/mol. The van der Waals surface area contributed by atoms with Crippen molar-refractivity contribution in [3.8, 4) is 0 Å². The molecule has 1 rings (SSSR count). The Balaban J connectivity index is 2.16. The van der Waals surface area contributed by atoms with Gasteiger partial charge in [0.1, 0.15) is 5.60 Å². The predicted molar refractivity (Wildman–Crippen MR) is 89.1 cm³/mol. The van der Waals surface area contributed by atoms with Gasteiger partial charge in [-0.1, -0.05) is 13.8 Å². The van der Waals surface area contributed by atoms with Crippen LogP contribution in [0.1, 0.15) is 66.7 Å². The third-order valence-electron chi connectivity index (χ3n) is 4.24. The third-order valence-corrected chi connectivity index (χ3v) is 4.24. The molecule has 1 heterocycles. The maximum absolute atomic E-state index is 11.5. The Morgan fingerprint density at radius 1 is 1.27 bits per heavy atom. The van der Waals surface area contributed by atoms with E-state index in [-0.39, 0.29) is 11.7 Å². The molecule has 0 aromatic heterocycles. The average Bonchev–Trinajstić information content (AvgIpc) is 2.45. The number of ether oxygens (including phenoxy) is 2. The van der Waals surface area contributed by atoms with Gasteiger partial charge in [-0.25, -0.2) is 4.79 Å². The van der Waals surface area contributed by atoms with Gasteiger partial charge < -0.3 is 20.1 Å². The highest BCUT2D eigenvalue weighted by Gasteiger charge is 2.34. The van der Waals surface area contributed by atoms with Crippen LogP contribution in [-0.2, 0) is 9.47 Å². The minimum Gasteiger partial charge on any atom is -0.444 e. The Morgan fingerprint density at radius 3 is 2.55 bits per heavy atom. The maximum atomic E-state index is 11.5. The van der Waals surface area contributed by atoms with Gasteiger partial charge in [-0.2, -0.15) is 0 Å². The number of nitrogens with one attached hydrogen (secondary N) is 2. The van der Waals surface area contributed by atoms with Gasteiger partial charge in [0.2, 0.25) is 0 Å². The first-order chi connectivity index (χ1) is 10.3. The van der Waals surface area contributed by atoms with Crippen molar-refractivity contribution < 1.29 is 14.3 Å². The van der Waals surface area contributed by atoms with Crippen molar-refractivity contribution in [2.24, 2.45) is 0 Å². The number of hydrogen-bond donors (Lipinski definition) is 2. The SMILES string of the molecule is CCC1(CC)CC(NCCCNC(=O)OC(C)(C)C)CCO1. The topological polar surface area (TPSA) is 59.6 Å². The van der Waals surface area contributed by atoms with Gasteiger partial charge >= 0.3 is 6.09 Å². The Bertz CT molecular complexity index is 335. The number of carbonyl (C=O) groups excluding carboxylic acids is 1. The van der Waals surface area contributed by atoms with Crippen LogP contribution < -0.4 is 10.6 Å². The van der Waals surface area contributed by atoms with E-state index < -0.39 is 5.60 Å². The molecule has 0 aliphatic carbocycles. The number of amides is 1. The molecular formula is C17H34N2O3. The van der Waals surface area contributed by atoms with Crippen molar-refractivity contribution >= 4 is 6.09 Å². The summed E-state index contributed by atoms with van der Waals surface area (Å²) in [5.41, 5.74) is -0.376. The molecule has 0 bridgehead atoms. The van der Waals surface area contributed by atoms with Crippen molar-refractivity contribution in [2.45, 2.75) is 84.0 Å². The molecule has 1 fully saturated rings. The van der Waals surface area contributed by atoms with E-state index in [1.165, 1.54) is 0 Å². The lowest BCUT2D eigenvalue weighted by Crippen LogP contribution is -2.47. The van der Waals surface area contributed by atoms with E-state index in [2.05, 4.69) is 24.5 Å². The van der Waals surface area contributed by atoms with Crippen LogP contribution >= 0.6 is 0 Å². The molecule has 2 N–H and O–H groups in total. The fourth-order valence-corrected chi connectivity index (χ4v) is 2.84. The second-order valence-corrected chi connectivity index (χ2v) is 7.16. The first-order valence-electron chi connectivity index (χ1n) is 8.64. The summed E-state index contributed by atoms with van der Waals surface area (Å²) in [4.78, 5) is 11.5. The van der Waals surface area contributed by atoms with Gasteiger partial charge in [0.05, 0.1) is 5.60 Å². The van der Waals surface area contributed by atoms with Crippen molar-refractivity contribution in [1.82, 2.24) is 10.6 Å². The summed E-state index contributed by atoms with van der Waals surface area (Å²) in [5.74, 6) is 0. The van der Waals surface area contributed by atoms with Crippen LogP contribution in [0.4, 0.5) is 4.79 Å². The van der Waals surface area contributed by atoms with Gasteiger partial charge in [0.25, 0.3) is 0 Å². The largest absolute Gasteiger partial charge is 0.444 e. The zero-order valence-corrected chi connectivity index (χ0v) is 15.0. The lowest BCUT2D eigenvalue weighted by molar-refractivity contribution is -0.0929. The van der Waals surface area contributed by atoms with Crippen LogP contribution in [0, 0.1) is 0 Å². The van der Waals surface area contributed by atoms with Gasteiger partial charge in [-0.15, -0.1) is 0 Å². The molecule has 1 unspecified atom stereocenters. The summed E-state index contributed by atoms with van der Waals surface area (Å²) in [6, 6.07) is 0.523. The Labute approximate surface area is 135 Å². The van der Waals surface area contributed by atoms with Gasteiger partial charge in [-0.3, -0.25) is 0 Å². The molecule has 0 saturated carbocycles. The van der Waals surface area contributed by atoms with Crippen LogP contribution in [0.5, 0.6) is 0 Å². The number of alkyl carbamates (subject to hydrolysis) is 1. The highest BCUT2D eigenvalue weighted by molar-refractivity contribution is 5.67. The molecule has 0 spiro atoms. The molecule has 5 nitrogen and oxygen atoms in total. The second-order valence-electron chi connectivity index (χ2n) is 7.16. The summed E-state index contributed by atoms with van der Waals surface area (Å²) in [6.45, 7) is 12.4. The van der Waals surface area contributed by atoms with E-state index in [1.54, 1.807) is 0 Å². The minimum absolute atomic E-state index is 0.0602. The summed E-state index contributed by atoms with van der Waals surface area (Å²) in [6.07, 6.45) is 4.86. The molecule has 0 aromatic rings. The fourth-order valence-electron chi connectivity index (χ4n) is 2.84. The number of hydrogen-bond acceptors (Lipinski definition) is 4. The molecular weight excluding hydrogens is 280 g/mol. The Kier molecular flexibility index (Phi) is 7.63. The van der Waals surface area contributed by atoms with Crippen LogP contribution in [-0.4, -0.2) is 43.0 Å². The second kappa shape index (κ2) is 8.73. The van der Waals surface area contributed by atoms with Crippen LogP contribution in [0.15, 0.2) is 0 Å². The van der Waals surface area contributed by atoms with Crippen molar-refractivity contribution in [3.05, 3.63) is 0 Å². The zero-order valence-electron chi connectivity index (χ0n) is 15.0. The normalized spacial score (nSPS) is 21.4. The highest BCUT2D eigenvalue weighted by Crippen LogP contribution is 2.31. The molecule has 1 amide bonds. The van der Waals surface area contributed by atoms with Crippen molar-refractivity contribution in [3.63, 3.8) is 0 Å². The van der Waals surface area contributed by atoms with E-state index >= 15 is 0 Å². The van der Waals surface area contributed by atoms with E-state index in [0.29, 0.717) is 12.6 Å². The molecule has 5 heteroatoms. The molecule has 1 atom stereocenters.